The van der Waals surface area contributed by atoms with Crippen molar-refractivity contribution in [2.75, 3.05) is 26.3 Å². The Labute approximate surface area is 161 Å². The number of imidazole rings is 1. The molecule has 0 bridgehead atoms. The number of likely N-dealkylation sites (tertiary alicyclic amines) is 1. The average Bonchev–Trinajstić information content (AvgIpc) is 3.19. The molecule has 6 nitrogen and oxygen atoms in total. The second-order valence-corrected chi connectivity index (χ2v) is 7.54. The summed E-state index contributed by atoms with van der Waals surface area (Å²) in [6.07, 6.45) is 7.55. The summed E-state index contributed by atoms with van der Waals surface area (Å²) in [6.45, 7) is 5.78. The van der Waals surface area contributed by atoms with Crippen LogP contribution in [0.5, 0.6) is 5.75 Å². The van der Waals surface area contributed by atoms with Crippen LogP contribution >= 0.6 is 0 Å². The van der Waals surface area contributed by atoms with E-state index in [0.29, 0.717) is 19.6 Å². The highest BCUT2D eigenvalue weighted by molar-refractivity contribution is 5.33. The van der Waals surface area contributed by atoms with Crippen LogP contribution in [0.15, 0.2) is 43.0 Å². The van der Waals surface area contributed by atoms with Gasteiger partial charge in [-0.3, -0.25) is 4.90 Å². The van der Waals surface area contributed by atoms with Gasteiger partial charge in [0.05, 0.1) is 25.6 Å². The van der Waals surface area contributed by atoms with Crippen LogP contribution in [0.25, 0.3) is 0 Å². The van der Waals surface area contributed by atoms with Crippen LogP contribution in [0.3, 0.4) is 0 Å². The molecule has 1 aromatic heterocycles. The SMILES string of the molecule is CCC[C@@]1(CO)CN(Cc2ccccc2OCCn2ccnc2)CC[C@@H]1O. The maximum Gasteiger partial charge on any atom is 0.123 e. The van der Waals surface area contributed by atoms with Crippen molar-refractivity contribution >= 4 is 0 Å². The summed E-state index contributed by atoms with van der Waals surface area (Å²) >= 11 is 0. The molecule has 1 aliphatic heterocycles. The number of ether oxygens (including phenoxy) is 1. The Morgan fingerprint density at radius 3 is 2.93 bits per heavy atom. The molecule has 2 aromatic rings. The number of aliphatic hydroxyl groups excluding tert-OH is 2. The maximum absolute atomic E-state index is 10.5. The lowest BCUT2D eigenvalue weighted by molar-refractivity contribution is -0.0820. The van der Waals surface area contributed by atoms with Crippen LogP contribution in [-0.2, 0) is 13.1 Å². The molecule has 6 heteroatoms. The lowest BCUT2D eigenvalue weighted by Gasteiger charge is -2.45. The minimum Gasteiger partial charge on any atom is -0.491 e. The van der Waals surface area contributed by atoms with Gasteiger partial charge in [-0.15, -0.1) is 0 Å². The molecule has 1 aromatic carbocycles. The fourth-order valence-corrected chi connectivity index (χ4v) is 4.05. The third-order valence-corrected chi connectivity index (χ3v) is 5.56. The van der Waals surface area contributed by atoms with Crippen molar-refractivity contribution in [2.24, 2.45) is 5.41 Å². The number of hydrogen-bond donors (Lipinski definition) is 2. The van der Waals surface area contributed by atoms with E-state index < -0.39 is 11.5 Å². The molecule has 1 aliphatic rings. The van der Waals surface area contributed by atoms with Crippen molar-refractivity contribution in [1.29, 1.82) is 0 Å². The molecular formula is C21H31N3O3. The van der Waals surface area contributed by atoms with Crippen LogP contribution in [0.1, 0.15) is 31.7 Å². The Kier molecular flexibility index (Phi) is 6.88. The van der Waals surface area contributed by atoms with E-state index in [1.54, 1.807) is 12.5 Å². The Balaban J connectivity index is 1.63. The van der Waals surface area contributed by atoms with Crippen molar-refractivity contribution in [3.63, 3.8) is 0 Å². The maximum atomic E-state index is 10.5. The third kappa shape index (κ3) is 4.89. The number of aromatic nitrogens is 2. The van der Waals surface area contributed by atoms with Gasteiger partial charge in [-0.05, 0) is 18.9 Å². The van der Waals surface area contributed by atoms with Gasteiger partial charge in [0, 0.05) is 43.0 Å². The third-order valence-electron chi connectivity index (χ3n) is 5.56. The molecule has 0 aliphatic carbocycles. The van der Waals surface area contributed by atoms with Crippen molar-refractivity contribution in [1.82, 2.24) is 14.5 Å². The fraction of sp³-hybridized carbons (Fsp3) is 0.571. The topological polar surface area (TPSA) is 70.8 Å². The minimum atomic E-state index is -0.430. The highest BCUT2D eigenvalue weighted by atomic mass is 16.5. The normalized spacial score (nSPS) is 23.4. The van der Waals surface area contributed by atoms with Gasteiger partial charge in [0.2, 0.25) is 0 Å². The zero-order chi connectivity index (χ0) is 19.1. The molecule has 0 amide bonds. The predicted octanol–water partition coefficient (Wildman–Crippen LogP) is 2.31. The van der Waals surface area contributed by atoms with E-state index >= 15 is 0 Å². The van der Waals surface area contributed by atoms with Gasteiger partial charge in [0.1, 0.15) is 12.4 Å². The Bertz CT molecular complexity index is 692. The summed E-state index contributed by atoms with van der Waals surface area (Å²) in [5.41, 5.74) is 0.729. The number of rotatable bonds is 9. The van der Waals surface area contributed by atoms with E-state index in [1.165, 1.54) is 0 Å². The zero-order valence-corrected chi connectivity index (χ0v) is 16.1. The zero-order valence-electron chi connectivity index (χ0n) is 16.1. The fourth-order valence-electron chi connectivity index (χ4n) is 4.05. The molecule has 2 N–H and O–H groups in total. The van der Waals surface area contributed by atoms with Gasteiger partial charge >= 0.3 is 0 Å². The van der Waals surface area contributed by atoms with Gasteiger partial charge in [-0.2, -0.15) is 0 Å². The van der Waals surface area contributed by atoms with Gasteiger partial charge in [0.15, 0.2) is 0 Å². The largest absolute Gasteiger partial charge is 0.491 e. The summed E-state index contributed by atoms with van der Waals surface area (Å²) in [7, 11) is 0. The lowest BCUT2D eigenvalue weighted by atomic mass is 9.74. The monoisotopic (exact) mass is 373 g/mol. The van der Waals surface area contributed by atoms with Crippen LogP contribution in [0, 0.1) is 5.41 Å². The second-order valence-electron chi connectivity index (χ2n) is 7.54. The molecule has 0 unspecified atom stereocenters. The first kappa shape index (κ1) is 19.9. The van der Waals surface area contributed by atoms with Gasteiger partial charge in [-0.1, -0.05) is 31.5 Å². The van der Waals surface area contributed by atoms with Crippen molar-refractivity contribution < 1.29 is 14.9 Å². The highest BCUT2D eigenvalue weighted by Crippen LogP contribution is 2.35. The second kappa shape index (κ2) is 9.35. The van der Waals surface area contributed by atoms with E-state index in [9.17, 15) is 10.2 Å². The summed E-state index contributed by atoms with van der Waals surface area (Å²) in [6, 6.07) is 8.12. The number of piperidine rings is 1. The predicted molar refractivity (Wildman–Crippen MR) is 104 cm³/mol. The van der Waals surface area contributed by atoms with E-state index in [4.69, 9.17) is 4.74 Å². The van der Waals surface area contributed by atoms with Crippen molar-refractivity contribution in [3.05, 3.63) is 48.5 Å². The molecule has 0 spiro atoms. The Hall–Kier alpha value is -1.89. The lowest BCUT2D eigenvalue weighted by Crippen LogP contribution is -2.53. The summed E-state index contributed by atoms with van der Waals surface area (Å²) in [4.78, 5) is 6.38. The van der Waals surface area contributed by atoms with Crippen LogP contribution in [0.4, 0.5) is 0 Å². The molecular weight excluding hydrogens is 342 g/mol. The highest BCUT2D eigenvalue weighted by Gasteiger charge is 2.41. The summed E-state index contributed by atoms with van der Waals surface area (Å²) in [5, 5.41) is 20.4. The van der Waals surface area contributed by atoms with E-state index in [-0.39, 0.29) is 6.61 Å². The first-order chi connectivity index (χ1) is 13.2. The van der Waals surface area contributed by atoms with E-state index in [2.05, 4.69) is 22.9 Å². The van der Waals surface area contributed by atoms with Gasteiger partial charge < -0.3 is 19.5 Å². The number of nitrogens with zero attached hydrogens (tertiary/aromatic N) is 3. The Morgan fingerprint density at radius 1 is 1.33 bits per heavy atom. The van der Waals surface area contributed by atoms with Crippen molar-refractivity contribution in [2.45, 2.75) is 45.4 Å². The van der Waals surface area contributed by atoms with Gasteiger partial charge in [0.25, 0.3) is 0 Å². The molecule has 2 atom stereocenters. The standard InChI is InChI=1S/C21H31N3O3/c1-2-8-21(16-25)15-24(10-7-20(21)26)14-18-5-3-4-6-19(18)27-13-12-23-11-9-22-17-23/h3-6,9,11,17,20,25-26H,2,7-8,10,12-16H2,1H3/t20-,21-/m0/s1. The van der Waals surface area contributed by atoms with E-state index in [1.807, 2.05) is 29.0 Å². The number of aliphatic hydroxyl groups is 2. The van der Waals surface area contributed by atoms with Crippen LogP contribution in [0.2, 0.25) is 0 Å². The molecule has 27 heavy (non-hydrogen) atoms. The molecule has 3 rings (SSSR count). The molecule has 2 heterocycles. The number of para-hydroxylation sites is 1. The molecule has 1 saturated heterocycles. The van der Waals surface area contributed by atoms with Crippen LogP contribution < -0.4 is 4.74 Å². The molecule has 0 radical (unpaired) electrons. The molecule has 1 fully saturated rings. The minimum absolute atomic E-state index is 0.0293. The van der Waals surface area contributed by atoms with Crippen LogP contribution in [-0.4, -0.2) is 57.1 Å². The summed E-state index contributed by atoms with van der Waals surface area (Å²) in [5.74, 6) is 0.897. The van der Waals surface area contributed by atoms with Crippen molar-refractivity contribution in [3.8, 4) is 5.75 Å². The average molecular weight is 373 g/mol. The number of hydrogen-bond acceptors (Lipinski definition) is 5. The Morgan fingerprint density at radius 2 is 2.19 bits per heavy atom. The first-order valence-electron chi connectivity index (χ1n) is 9.84. The van der Waals surface area contributed by atoms with E-state index in [0.717, 1.165) is 43.8 Å². The first-order valence-corrected chi connectivity index (χ1v) is 9.84. The molecule has 148 valence electrons. The molecule has 0 saturated carbocycles. The smallest absolute Gasteiger partial charge is 0.123 e. The number of benzene rings is 1. The quantitative estimate of drug-likeness (QED) is 0.706. The summed E-state index contributed by atoms with van der Waals surface area (Å²) < 4.78 is 8.02. The van der Waals surface area contributed by atoms with Gasteiger partial charge in [-0.25, -0.2) is 4.98 Å².